The van der Waals surface area contributed by atoms with E-state index >= 15 is 0 Å². The van der Waals surface area contributed by atoms with Crippen LogP contribution in [0.15, 0.2) is 64.1 Å². The molecule has 0 saturated carbocycles. The molecule has 1 saturated heterocycles. The summed E-state index contributed by atoms with van der Waals surface area (Å²) >= 11 is 0. The molecule has 6 N–H and O–H groups in total. The van der Waals surface area contributed by atoms with Crippen molar-refractivity contribution in [1.82, 2.24) is 9.88 Å². The highest BCUT2D eigenvalue weighted by Crippen LogP contribution is 2.32. The summed E-state index contributed by atoms with van der Waals surface area (Å²) in [6.07, 6.45) is 1.75. The molecule has 0 aliphatic carbocycles. The number of benzene rings is 1. The molecule has 200 valence electrons. The van der Waals surface area contributed by atoms with Crippen molar-refractivity contribution in [3.05, 3.63) is 71.8 Å². The number of piperazine rings is 1. The smallest absolute Gasteiger partial charge is 0.309 e. The van der Waals surface area contributed by atoms with Crippen LogP contribution in [0.2, 0.25) is 0 Å². The topological polar surface area (TPSA) is 148 Å². The number of anilines is 1. The van der Waals surface area contributed by atoms with Crippen LogP contribution in [0.1, 0.15) is 48.7 Å². The Labute approximate surface area is 222 Å². The summed E-state index contributed by atoms with van der Waals surface area (Å²) in [5, 5.41) is 10.9. The molecule has 0 spiro atoms. The van der Waals surface area contributed by atoms with Crippen molar-refractivity contribution in [3.8, 4) is 5.75 Å². The molecule has 1 atom stereocenters. The van der Waals surface area contributed by atoms with Crippen LogP contribution in [-0.2, 0) is 0 Å². The van der Waals surface area contributed by atoms with Crippen LogP contribution in [0, 0.1) is 12.3 Å². The molecule has 4 rings (SSSR count). The Bertz CT molecular complexity index is 1330. The van der Waals surface area contributed by atoms with E-state index in [2.05, 4.69) is 40.6 Å². The highest BCUT2D eigenvalue weighted by molar-refractivity contribution is 6.37. The van der Waals surface area contributed by atoms with Crippen LogP contribution in [-0.4, -0.2) is 58.7 Å². The number of nitrogens with zero attached hydrogens (tertiary/aromatic N) is 4. The van der Waals surface area contributed by atoms with E-state index < -0.39 is 0 Å². The molecule has 0 bridgehead atoms. The molecule has 1 fully saturated rings. The maximum absolute atomic E-state index is 13.2. The van der Waals surface area contributed by atoms with E-state index in [-0.39, 0.29) is 46.0 Å². The van der Waals surface area contributed by atoms with Crippen LogP contribution in [0.5, 0.6) is 5.75 Å². The number of amidine groups is 2. The lowest BCUT2D eigenvalue weighted by Gasteiger charge is -2.35. The number of para-hydroxylation sites is 1. The Morgan fingerprint density at radius 2 is 1.82 bits per heavy atom. The van der Waals surface area contributed by atoms with Gasteiger partial charge in [-0.1, -0.05) is 32.9 Å². The minimum Gasteiger partial charge on any atom is -0.505 e. The van der Waals surface area contributed by atoms with Gasteiger partial charge in [0.05, 0.1) is 5.56 Å². The number of nitrogens with one attached hydrogen (secondary N) is 1. The summed E-state index contributed by atoms with van der Waals surface area (Å²) in [6.45, 7) is 10.4. The summed E-state index contributed by atoms with van der Waals surface area (Å²) in [7, 11) is 0. The minimum absolute atomic E-state index is 0.00796. The minimum atomic E-state index is -0.269. The number of aromatic nitrogens is 1. The number of hydrogen-bond acceptors (Lipinski definition) is 6. The molecule has 1 aromatic carbocycles. The summed E-state index contributed by atoms with van der Waals surface area (Å²) in [5.74, 6) is 2.02. The van der Waals surface area contributed by atoms with Gasteiger partial charge < -0.3 is 25.1 Å². The van der Waals surface area contributed by atoms with Crippen LogP contribution in [0.3, 0.4) is 0 Å². The lowest BCUT2D eigenvalue weighted by molar-refractivity contribution is -0.532. The Morgan fingerprint density at radius 1 is 1.08 bits per heavy atom. The van der Waals surface area contributed by atoms with E-state index in [1.807, 2.05) is 37.3 Å². The van der Waals surface area contributed by atoms with Gasteiger partial charge in [-0.3, -0.25) is 15.5 Å². The normalized spacial score (nSPS) is 16.0. The fourth-order valence-corrected chi connectivity index (χ4v) is 4.39. The van der Waals surface area contributed by atoms with E-state index in [4.69, 9.17) is 15.9 Å². The second-order valence-electron chi connectivity index (χ2n) is 10.4. The number of phenols is 1. The number of aryl methyl sites for hydroxylation is 1. The Hall–Kier alpha value is -4.34. The number of carbonyl (C=O) groups is 1. The number of nitrogens with two attached hydrogens (primary N) is 2. The van der Waals surface area contributed by atoms with Crippen LogP contribution in [0.4, 0.5) is 11.5 Å². The third kappa shape index (κ3) is 5.96. The van der Waals surface area contributed by atoms with Crippen molar-refractivity contribution in [3.63, 3.8) is 0 Å². The van der Waals surface area contributed by atoms with E-state index in [1.165, 1.54) is 0 Å². The molecular weight excluding hydrogens is 482 g/mol. The Morgan fingerprint density at radius 3 is 2.42 bits per heavy atom. The summed E-state index contributed by atoms with van der Waals surface area (Å²) in [4.78, 5) is 29.0. The number of furan rings is 1. The number of rotatable bonds is 5. The zero-order valence-corrected chi connectivity index (χ0v) is 22.3. The molecule has 1 aliphatic rings. The fraction of sp³-hybridized carbons (Fsp3) is 0.357. The van der Waals surface area contributed by atoms with Gasteiger partial charge in [-0.25, -0.2) is 9.98 Å². The first-order chi connectivity index (χ1) is 18.0. The van der Waals surface area contributed by atoms with E-state index in [0.717, 1.165) is 17.3 Å². The zero-order chi connectivity index (χ0) is 27.4. The van der Waals surface area contributed by atoms with Gasteiger partial charge >= 0.3 is 5.84 Å². The lowest BCUT2D eigenvalue weighted by atomic mass is 9.85. The predicted octanol–water partition coefficient (Wildman–Crippen LogP) is 1.86. The average Bonchev–Trinajstić information content (AvgIpc) is 3.33. The van der Waals surface area contributed by atoms with Gasteiger partial charge in [-0.05, 0) is 43.3 Å². The molecule has 0 radical (unpaired) electrons. The summed E-state index contributed by atoms with van der Waals surface area (Å²) in [6, 6.07) is 14.1. The number of phenolic OH excluding ortho intramolecular Hbond substituents is 1. The summed E-state index contributed by atoms with van der Waals surface area (Å²) in [5.41, 5.74) is 12.6. The average molecular weight is 519 g/mol. The van der Waals surface area contributed by atoms with Gasteiger partial charge in [0.25, 0.3) is 5.91 Å². The van der Waals surface area contributed by atoms with Gasteiger partial charge in [0.1, 0.15) is 23.0 Å². The first-order valence-corrected chi connectivity index (χ1v) is 12.6. The second-order valence-corrected chi connectivity index (χ2v) is 10.4. The van der Waals surface area contributed by atoms with Crippen molar-refractivity contribution in [2.24, 2.45) is 21.9 Å². The molecule has 2 aromatic heterocycles. The second kappa shape index (κ2) is 11.0. The van der Waals surface area contributed by atoms with Crippen molar-refractivity contribution in [2.75, 3.05) is 31.1 Å². The SMILES string of the molecule is Cc1ccc([C@H]([NH+]=C(N)C(N)=Nc2cccc(C(=O)N3CCN(c4ccccn4)CC3)c2O)C(C)(C)C)o1. The molecule has 1 aliphatic heterocycles. The van der Waals surface area contributed by atoms with E-state index in [1.54, 1.807) is 29.3 Å². The molecule has 3 aromatic rings. The lowest BCUT2D eigenvalue weighted by Crippen LogP contribution is -2.81. The number of aromatic hydroxyl groups is 1. The van der Waals surface area contributed by atoms with E-state index in [0.29, 0.717) is 26.2 Å². The molecule has 38 heavy (non-hydrogen) atoms. The molecule has 1 amide bonds. The van der Waals surface area contributed by atoms with Gasteiger partial charge in [0.2, 0.25) is 5.84 Å². The molecule has 10 nitrogen and oxygen atoms in total. The van der Waals surface area contributed by atoms with Crippen molar-refractivity contribution >= 4 is 29.1 Å². The monoisotopic (exact) mass is 518 g/mol. The maximum Gasteiger partial charge on any atom is 0.309 e. The quantitative estimate of drug-likeness (QED) is 0.298. The van der Waals surface area contributed by atoms with Gasteiger partial charge in [0.15, 0.2) is 11.8 Å². The first kappa shape index (κ1) is 26.7. The number of pyridine rings is 1. The Kier molecular flexibility index (Phi) is 7.70. The predicted molar refractivity (Wildman–Crippen MR) is 148 cm³/mol. The fourth-order valence-electron chi connectivity index (χ4n) is 4.39. The highest BCUT2D eigenvalue weighted by atomic mass is 16.3. The van der Waals surface area contributed by atoms with Crippen molar-refractivity contribution < 1.29 is 19.3 Å². The van der Waals surface area contributed by atoms with Crippen LogP contribution < -0.4 is 21.4 Å². The zero-order valence-electron chi connectivity index (χ0n) is 22.3. The van der Waals surface area contributed by atoms with Gasteiger partial charge in [-0.15, -0.1) is 0 Å². The Balaban J connectivity index is 1.51. The maximum atomic E-state index is 13.2. The molecular formula is C28H36N7O3+. The van der Waals surface area contributed by atoms with Gasteiger partial charge in [0, 0.05) is 37.8 Å². The number of hydrogen-bond donors (Lipinski definition) is 4. The largest absolute Gasteiger partial charge is 0.505 e. The van der Waals surface area contributed by atoms with Crippen LogP contribution >= 0.6 is 0 Å². The van der Waals surface area contributed by atoms with E-state index in [9.17, 15) is 9.90 Å². The third-order valence-corrected chi connectivity index (χ3v) is 6.51. The van der Waals surface area contributed by atoms with Crippen molar-refractivity contribution in [1.29, 1.82) is 0 Å². The molecule has 3 heterocycles. The number of carbonyl (C=O) groups excluding carboxylic acids is 1. The first-order valence-electron chi connectivity index (χ1n) is 12.6. The van der Waals surface area contributed by atoms with Gasteiger partial charge in [-0.2, -0.15) is 0 Å². The number of aliphatic imine (C=N–C) groups is 1. The summed E-state index contributed by atoms with van der Waals surface area (Å²) < 4.78 is 5.82. The molecule has 0 unspecified atom stereocenters. The van der Waals surface area contributed by atoms with Crippen molar-refractivity contribution in [2.45, 2.75) is 33.7 Å². The standard InChI is InChI=1S/C28H35N7O3/c1-18-11-12-21(38-18)24(28(2,3)4)33-26(30)25(29)32-20-9-7-8-19(23(20)36)27(37)35-16-14-34(15-17-35)22-10-5-6-13-31-22/h5-13,24,36H,14-17H2,1-4H3,(H2,29,32)(H2,30,33)/p+1/t24-/m0/s1. The number of amides is 1. The molecule has 10 heteroatoms. The highest BCUT2D eigenvalue weighted by Gasteiger charge is 2.32. The third-order valence-electron chi connectivity index (χ3n) is 6.51. The van der Waals surface area contributed by atoms with Crippen LogP contribution in [0.25, 0.3) is 0 Å².